The van der Waals surface area contributed by atoms with Gasteiger partial charge < -0.3 is 26.3 Å². The lowest BCUT2D eigenvalue weighted by Crippen LogP contribution is -2.34. The van der Waals surface area contributed by atoms with Crippen molar-refractivity contribution in [1.82, 2.24) is 5.32 Å². The summed E-state index contributed by atoms with van der Waals surface area (Å²) in [7, 11) is -8.77. The standard InChI is InChI=1S/C22H17N3O10S2/c1-25-20(26)9-2-3-11-10(8-9)21(27)35-22(11)12-4-6-14(23)18(36(28,29)30)16(12)34-17-13(22)5-7-15(24)19(17)37(31,32)33/h2-8H,23-24H2,1H3,(H,25,26)(H,28,29,30)(H,31,32,33). The fourth-order valence-corrected chi connectivity index (χ4v) is 6.15. The van der Waals surface area contributed by atoms with Gasteiger partial charge in [-0.25, -0.2) is 4.79 Å². The zero-order valence-corrected chi connectivity index (χ0v) is 20.3. The molecule has 0 aliphatic carbocycles. The Kier molecular flexibility index (Phi) is 5.07. The molecule has 37 heavy (non-hydrogen) atoms. The van der Waals surface area contributed by atoms with Crippen molar-refractivity contribution in [3.63, 3.8) is 0 Å². The Balaban J connectivity index is 1.98. The summed E-state index contributed by atoms with van der Waals surface area (Å²) in [4.78, 5) is 23.5. The number of benzene rings is 3. The van der Waals surface area contributed by atoms with Crippen LogP contribution in [-0.2, 0) is 30.6 Å². The number of hydrogen-bond acceptors (Lipinski definition) is 10. The maximum absolute atomic E-state index is 13.1. The molecular weight excluding hydrogens is 530 g/mol. The van der Waals surface area contributed by atoms with Crippen LogP contribution in [0.15, 0.2) is 52.3 Å². The number of fused-ring (bicyclic) bond motifs is 6. The maximum Gasteiger partial charge on any atom is 0.340 e. The number of nitrogen functional groups attached to an aromatic ring is 2. The first-order valence-electron chi connectivity index (χ1n) is 10.3. The number of nitrogens with one attached hydrogen (secondary N) is 1. The molecular formula is C22H17N3O10S2. The van der Waals surface area contributed by atoms with Gasteiger partial charge >= 0.3 is 5.97 Å². The molecule has 3 aromatic rings. The Morgan fingerprint density at radius 3 is 1.81 bits per heavy atom. The van der Waals surface area contributed by atoms with E-state index in [1.165, 1.54) is 37.4 Å². The topological polar surface area (TPSA) is 225 Å². The lowest BCUT2D eigenvalue weighted by molar-refractivity contribution is 0.0221. The normalized spacial score (nSPS) is 15.3. The number of anilines is 2. The maximum atomic E-state index is 13.1. The van der Waals surface area contributed by atoms with E-state index in [1.807, 2.05) is 0 Å². The average Bonchev–Trinajstić information content (AvgIpc) is 3.08. The van der Waals surface area contributed by atoms with Gasteiger partial charge in [-0.05, 0) is 36.4 Å². The van der Waals surface area contributed by atoms with Crippen LogP contribution in [0.2, 0.25) is 0 Å². The highest BCUT2D eigenvalue weighted by Crippen LogP contribution is 2.59. The third kappa shape index (κ3) is 3.36. The minimum atomic E-state index is -5.08. The summed E-state index contributed by atoms with van der Waals surface area (Å²) in [6.07, 6.45) is 0. The van der Waals surface area contributed by atoms with Gasteiger partial charge in [0.1, 0.15) is 0 Å². The molecule has 1 spiro atoms. The molecule has 0 aromatic heterocycles. The Labute approximate surface area is 209 Å². The van der Waals surface area contributed by atoms with Gasteiger partial charge in [-0.1, -0.05) is 6.07 Å². The summed E-state index contributed by atoms with van der Waals surface area (Å²) in [5, 5.41) is 2.42. The Bertz CT molecular complexity index is 1700. The molecule has 0 atom stereocenters. The number of rotatable bonds is 3. The second kappa shape index (κ2) is 7.66. The second-order valence-electron chi connectivity index (χ2n) is 8.18. The molecule has 192 valence electrons. The predicted molar refractivity (Wildman–Crippen MR) is 127 cm³/mol. The highest BCUT2D eigenvalue weighted by atomic mass is 32.2. The highest BCUT2D eigenvalue weighted by Gasteiger charge is 2.56. The molecule has 2 aliphatic heterocycles. The molecule has 2 heterocycles. The van der Waals surface area contributed by atoms with Crippen molar-refractivity contribution in [3.8, 4) is 11.5 Å². The zero-order chi connectivity index (χ0) is 27.1. The minimum absolute atomic E-state index is 0.0876. The Hall–Kier alpha value is -4.18. The molecule has 5 rings (SSSR count). The summed E-state index contributed by atoms with van der Waals surface area (Å²) in [5.74, 6) is -2.75. The van der Waals surface area contributed by atoms with Crippen LogP contribution in [0.4, 0.5) is 11.4 Å². The van der Waals surface area contributed by atoms with Crippen molar-refractivity contribution in [2.75, 3.05) is 18.5 Å². The number of nitrogens with two attached hydrogens (primary N) is 2. The van der Waals surface area contributed by atoms with Crippen molar-refractivity contribution < 1.29 is 45.0 Å². The van der Waals surface area contributed by atoms with Crippen LogP contribution in [0.25, 0.3) is 0 Å². The second-order valence-corrected chi connectivity index (χ2v) is 10.9. The lowest BCUT2D eigenvalue weighted by Gasteiger charge is -2.37. The molecule has 0 saturated carbocycles. The lowest BCUT2D eigenvalue weighted by atomic mass is 9.77. The van der Waals surface area contributed by atoms with E-state index in [2.05, 4.69) is 5.32 Å². The molecule has 7 N–H and O–H groups in total. The number of hydrogen-bond donors (Lipinski definition) is 5. The minimum Gasteiger partial charge on any atom is -0.453 e. The van der Waals surface area contributed by atoms with E-state index < -0.39 is 70.4 Å². The molecule has 0 fully saturated rings. The van der Waals surface area contributed by atoms with E-state index in [4.69, 9.17) is 20.9 Å². The fraction of sp³-hybridized carbons (Fsp3) is 0.0909. The first-order valence-corrected chi connectivity index (χ1v) is 13.2. The van der Waals surface area contributed by atoms with E-state index in [1.54, 1.807) is 0 Å². The van der Waals surface area contributed by atoms with Crippen molar-refractivity contribution >= 4 is 43.5 Å². The van der Waals surface area contributed by atoms with Crippen LogP contribution in [0.1, 0.15) is 37.4 Å². The summed E-state index contributed by atoms with van der Waals surface area (Å²) >= 11 is 0. The molecule has 2 aliphatic rings. The van der Waals surface area contributed by atoms with Crippen molar-refractivity contribution in [1.29, 1.82) is 0 Å². The van der Waals surface area contributed by atoms with Gasteiger partial charge in [0.05, 0.1) is 16.9 Å². The highest BCUT2D eigenvalue weighted by molar-refractivity contribution is 7.86. The van der Waals surface area contributed by atoms with Crippen LogP contribution in [0.3, 0.4) is 0 Å². The molecule has 0 unspecified atom stereocenters. The summed E-state index contributed by atoms with van der Waals surface area (Å²) in [5.41, 5.74) is 8.51. The summed E-state index contributed by atoms with van der Waals surface area (Å²) in [6.45, 7) is 0. The third-order valence-corrected chi connectivity index (χ3v) is 7.99. The van der Waals surface area contributed by atoms with Crippen molar-refractivity contribution in [3.05, 3.63) is 70.3 Å². The largest absolute Gasteiger partial charge is 0.453 e. The number of carbonyl (C=O) groups excluding carboxylic acids is 2. The zero-order valence-electron chi connectivity index (χ0n) is 18.7. The molecule has 3 aromatic carbocycles. The van der Waals surface area contributed by atoms with E-state index in [-0.39, 0.29) is 27.8 Å². The van der Waals surface area contributed by atoms with Crippen LogP contribution < -0.4 is 21.5 Å². The van der Waals surface area contributed by atoms with Crippen LogP contribution >= 0.6 is 0 Å². The number of ether oxygens (including phenoxy) is 2. The van der Waals surface area contributed by atoms with E-state index in [0.29, 0.717) is 0 Å². The number of amides is 1. The third-order valence-electron chi connectivity index (χ3n) is 6.12. The molecule has 1 amide bonds. The average molecular weight is 548 g/mol. The predicted octanol–water partition coefficient (Wildman–Crippen LogP) is 1.27. The fourth-order valence-electron chi connectivity index (χ4n) is 4.65. The molecule has 13 nitrogen and oxygen atoms in total. The molecule has 0 bridgehead atoms. The van der Waals surface area contributed by atoms with E-state index >= 15 is 0 Å². The van der Waals surface area contributed by atoms with Crippen LogP contribution in [0, 0.1) is 0 Å². The van der Waals surface area contributed by atoms with Gasteiger partial charge in [-0.15, -0.1) is 0 Å². The SMILES string of the molecule is CNC(=O)c1ccc2c(c1)C(=O)OC21c2ccc(N)c(S(=O)(=O)O)c2Oc2c1ccc(N)c2S(=O)(=O)O. The number of esters is 1. The van der Waals surface area contributed by atoms with Gasteiger partial charge in [0.25, 0.3) is 26.1 Å². The van der Waals surface area contributed by atoms with Crippen molar-refractivity contribution in [2.24, 2.45) is 0 Å². The van der Waals surface area contributed by atoms with Gasteiger partial charge in [0, 0.05) is 29.3 Å². The van der Waals surface area contributed by atoms with Crippen molar-refractivity contribution in [2.45, 2.75) is 15.4 Å². The summed E-state index contributed by atoms with van der Waals surface area (Å²) in [6, 6.07) is 8.81. The van der Waals surface area contributed by atoms with Gasteiger partial charge in [-0.3, -0.25) is 13.9 Å². The van der Waals surface area contributed by atoms with Gasteiger partial charge in [0.15, 0.2) is 26.9 Å². The van der Waals surface area contributed by atoms with E-state index in [9.17, 15) is 35.5 Å². The first kappa shape index (κ1) is 24.5. The number of carbonyl (C=O) groups is 2. The monoisotopic (exact) mass is 547 g/mol. The smallest absolute Gasteiger partial charge is 0.340 e. The quantitative estimate of drug-likeness (QED) is 0.177. The van der Waals surface area contributed by atoms with Crippen LogP contribution in [-0.4, -0.2) is 44.9 Å². The first-order chi connectivity index (χ1) is 17.2. The Morgan fingerprint density at radius 2 is 1.35 bits per heavy atom. The molecule has 0 saturated heterocycles. The van der Waals surface area contributed by atoms with Gasteiger partial charge in [0.2, 0.25) is 0 Å². The van der Waals surface area contributed by atoms with Gasteiger partial charge in [-0.2, -0.15) is 16.8 Å². The molecule has 15 heteroatoms. The van der Waals surface area contributed by atoms with Crippen LogP contribution in [0.5, 0.6) is 11.5 Å². The Morgan fingerprint density at radius 1 is 0.865 bits per heavy atom. The molecule has 0 radical (unpaired) electrons. The summed E-state index contributed by atoms with van der Waals surface area (Å²) < 4.78 is 80.6. The van der Waals surface area contributed by atoms with E-state index in [0.717, 1.165) is 12.1 Å².